The third kappa shape index (κ3) is 3.69. The molecule has 0 amide bonds. The fourth-order valence-corrected chi connectivity index (χ4v) is 4.46. The third-order valence-electron chi connectivity index (χ3n) is 4.53. The summed E-state index contributed by atoms with van der Waals surface area (Å²) in [5.41, 5.74) is 0.898. The number of piperidine rings is 1. The number of hydrogen-bond acceptors (Lipinski definition) is 3. The van der Waals surface area contributed by atoms with Crippen molar-refractivity contribution >= 4 is 24.2 Å². The summed E-state index contributed by atoms with van der Waals surface area (Å²) in [5, 5.41) is 0. The van der Waals surface area contributed by atoms with Crippen LogP contribution in [-0.4, -0.2) is 41.9 Å². The molecule has 4 unspecified atom stereocenters. The average Bonchev–Trinajstić information content (AvgIpc) is 3.23. The van der Waals surface area contributed by atoms with Gasteiger partial charge in [-0.25, -0.2) is 8.78 Å². The Hall–Kier alpha value is -0.940. The van der Waals surface area contributed by atoms with Gasteiger partial charge in [-0.3, -0.25) is 9.89 Å². The standard InChI is InChI=1S/C17H22F2N2S/c1-12(11-22-16-6-4-3-5-15(16)20-2)7-13-8-17(18,19)9-14-10-21(13)14/h3-6,12-14H,2,7-11H2,1H3. The van der Waals surface area contributed by atoms with Gasteiger partial charge in [0.15, 0.2) is 0 Å². The van der Waals surface area contributed by atoms with E-state index in [4.69, 9.17) is 0 Å². The van der Waals surface area contributed by atoms with E-state index in [1.165, 1.54) is 0 Å². The molecule has 0 saturated carbocycles. The Bertz CT molecular complexity index is 549. The molecule has 0 spiro atoms. The molecule has 3 rings (SSSR count). The molecule has 2 saturated heterocycles. The Labute approximate surface area is 135 Å². The zero-order valence-corrected chi connectivity index (χ0v) is 13.7. The van der Waals surface area contributed by atoms with Gasteiger partial charge in [0.05, 0.1) is 5.69 Å². The topological polar surface area (TPSA) is 15.4 Å². The van der Waals surface area contributed by atoms with Gasteiger partial charge >= 0.3 is 0 Å². The van der Waals surface area contributed by atoms with Crippen molar-refractivity contribution in [2.45, 2.75) is 49.1 Å². The lowest BCUT2D eigenvalue weighted by Crippen LogP contribution is -2.38. The second kappa shape index (κ2) is 6.28. The minimum atomic E-state index is -2.46. The van der Waals surface area contributed by atoms with Crippen molar-refractivity contribution in [1.29, 1.82) is 0 Å². The van der Waals surface area contributed by atoms with Crippen molar-refractivity contribution in [3.8, 4) is 0 Å². The van der Waals surface area contributed by atoms with Gasteiger partial charge in [0.1, 0.15) is 0 Å². The summed E-state index contributed by atoms with van der Waals surface area (Å²) in [4.78, 5) is 7.39. The molecule has 0 radical (unpaired) electrons. The second-order valence-corrected chi connectivity index (χ2v) is 7.61. The lowest BCUT2D eigenvalue weighted by atomic mass is 9.93. The minimum Gasteiger partial charge on any atom is -0.294 e. The van der Waals surface area contributed by atoms with Gasteiger partial charge < -0.3 is 0 Å². The molecule has 120 valence electrons. The van der Waals surface area contributed by atoms with E-state index < -0.39 is 5.92 Å². The Morgan fingerprint density at radius 1 is 1.41 bits per heavy atom. The van der Waals surface area contributed by atoms with Crippen molar-refractivity contribution in [2.24, 2.45) is 10.9 Å². The minimum absolute atomic E-state index is 0.0311. The molecule has 2 aliphatic rings. The predicted octanol–water partition coefficient (Wildman–Crippen LogP) is 4.62. The highest BCUT2D eigenvalue weighted by molar-refractivity contribution is 7.99. The molecule has 2 aliphatic heterocycles. The number of rotatable bonds is 6. The van der Waals surface area contributed by atoms with E-state index >= 15 is 0 Å². The first-order chi connectivity index (χ1) is 10.5. The van der Waals surface area contributed by atoms with Crippen LogP contribution in [0.5, 0.6) is 0 Å². The summed E-state index contributed by atoms with van der Waals surface area (Å²) in [7, 11) is 0. The summed E-state index contributed by atoms with van der Waals surface area (Å²) >= 11 is 1.74. The van der Waals surface area contributed by atoms with Crippen LogP contribution in [0.4, 0.5) is 14.5 Å². The summed E-state index contributed by atoms with van der Waals surface area (Å²) in [5.74, 6) is -1.13. The fourth-order valence-electron chi connectivity index (χ4n) is 3.41. The van der Waals surface area contributed by atoms with E-state index in [9.17, 15) is 8.78 Å². The lowest BCUT2D eigenvalue weighted by molar-refractivity contribution is -0.0552. The number of fused-ring (bicyclic) bond motifs is 1. The number of nitrogens with zero attached hydrogens (tertiary/aromatic N) is 2. The van der Waals surface area contributed by atoms with E-state index in [1.807, 2.05) is 24.3 Å². The molecule has 2 fully saturated rings. The smallest absolute Gasteiger partial charge is 0.251 e. The summed E-state index contributed by atoms with van der Waals surface area (Å²) in [6.45, 7) is 6.61. The van der Waals surface area contributed by atoms with Crippen LogP contribution in [0.2, 0.25) is 0 Å². The SMILES string of the molecule is C=Nc1ccccc1SCC(C)CC1CC(F)(F)CC2CN12. The van der Waals surface area contributed by atoms with Gasteiger partial charge in [0, 0.05) is 42.1 Å². The summed E-state index contributed by atoms with van der Waals surface area (Å²) < 4.78 is 27.4. The number of halogens is 2. The van der Waals surface area contributed by atoms with Crippen LogP contribution < -0.4 is 0 Å². The van der Waals surface area contributed by atoms with Gasteiger partial charge in [0.25, 0.3) is 5.92 Å². The van der Waals surface area contributed by atoms with E-state index in [1.54, 1.807) is 11.8 Å². The van der Waals surface area contributed by atoms with Crippen molar-refractivity contribution in [3.05, 3.63) is 24.3 Å². The molecule has 5 heteroatoms. The van der Waals surface area contributed by atoms with Crippen LogP contribution in [0, 0.1) is 5.92 Å². The van der Waals surface area contributed by atoms with Crippen molar-refractivity contribution in [2.75, 3.05) is 12.3 Å². The first-order valence-electron chi connectivity index (χ1n) is 7.80. The summed E-state index contributed by atoms with van der Waals surface area (Å²) in [6, 6.07) is 8.11. The third-order valence-corrected chi connectivity index (χ3v) is 5.92. The van der Waals surface area contributed by atoms with Crippen molar-refractivity contribution in [3.63, 3.8) is 0 Å². The van der Waals surface area contributed by atoms with Crippen LogP contribution in [0.25, 0.3) is 0 Å². The number of hydrogen-bond donors (Lipinski definition) is 0. The van der Waals surface area contributed by atoms with Crippen molar-refractivity contribution in [1.82, 2.24) is 4.90 Å². The number of benzene rings is 1. The maximum absolute atomic E-state index is 13.7. The van der Waals surface area contributed by atoms with Gasteiger partial charge in [-0.2, -0.15) is 0 Å². The molecule has 2 heterocycles. The normalized spacial score (nSPS) is 30.4. The highest BCUT2D eigenvalue weighted by Crippen LogP contribution is 2.44. The molecule has 0 N–H and O–H groups in total. The Morgan fingerprint density at radius 2 is 2.18 bits per heavy atom. The highest BCUT2D eigenvalue weighted by atomic mass is 32.2. The van der Waals surface area contributed by atoms with E-state index in [0.29, 0.717) is 5.92 Å². The molecule has 1 aromatic rings. The maximum atomic E-state index is 13.7. The number of aliphatic imine (C=N–C) groups is 1. The van der Waals surface area contributed by atoms with Gasteiger partial charge in [-0.1, -0.05) is 19.1 Å². The monoisotopic (exact) mass is 324 g/mol. The second-order valence-electron chi connectivity index (χ2n) is 6.55. The number of para-hydroxylation sites is 1. The van der Waals surface area contributed by atoms with E-state index in [0.717, 1.165) is 29.3 Å². The Morgan fingerprint density at radius 3 is 2.95 bits per heavy atom. The zero-order chi connectivity index (χ0) is 15.7. The van der Waals surface area contributed by atoms with Crippen LogP contribution in [0.3, 0.4) is 0 Å². The molecule has 2 nitrogen and oxygen atoms in total. The van der Waals surface area contributed by atoms with Crippen LogP contribution in [-0.2, 0) is 0 Å². The largest absolute Gasteiger partial charge is 0.294 e. The molecule has 0 aromatic heterocycles. The molecular weight excluding hydrogens is 302 g/mol. The predicted molar refractivity (Wildman–Crippen MR) is 88.6 cm³/mol. The first kappa shape index (κ1) is 15.9. The number of alkyl halides is 2. The van der Waals surface area contributed by atoms with Gasteiger partial charge in [-0.05, 0) is 31.2 Å². The van der Waals surface area contributed by atoms with Crippen LogP contribution in [0.15, 0.2) is 34.2 Å². The Balaban J connectivity index is 1.52. The lowest BCUT2D eigenvalue weighted by Gasteiger charge is -2.31. The quantitative estimate of drug-likeness (QED) is 0.431. The molecule has 1 aromatic carbocycles. The Kier molecular flexibility index (Phi) is 4.55. The average molecular weight is 324 g/mol. The van der Waals surface area contributed by atoms with E-state index in [-0.39, 0.29) is 24.9 Å². The first-order valence-corrected chi connectivity index (χ1v) is 8.79. The molecule has 0 bridgehead atoms. The van der Waals surface area contributed by atoms with Gasteiger partial charge in [0.2, 0.25) is 0 Å². The van der Waals surface area contributed by atoms with Crippen LogP contribution in [0.1, 0.15) is 26.2 Å². The molecular formula is C17H22F2N2S. The highest BCUT2D eigenvalue weighted by Gasteiger charge is 2.53. The van der Waals surface area contributed by atoms with Crippen molar-refractivity contribution < 1.29 is 8.78 Å². The fraction of sp³-hybridized carbons (Fsp3) is 0.588. The van der Waals surface area contributed by atoms with Crippen LogP contribution >= 0.6 is 11.8 Å². The zero-order valence-electron chi connectivity index (χ0n) is 12.8. The van der Waals surface area contributed by atoms with Gasteiger partial charge in [-0.15, -0.1) is 11.8 Å². The molecule has 0 aliphatic carbocycles. The summed E-state index contributed by atoms with van der Waals surface area (Å²) in [6.07, 6.45) is 0.942. The van der Waals surface area contributed by atoms with E-state index in [2.05, 4.69) is 23.5 Å². The molecule has 4 atom stereocenters. The maximum Gasteiger partial charge on any atom is 0.251 e. The number of thioether (sulfide) groups is 1. The molecule has 22 heavy (non-hydrogen) atoms.